The Morgan fingerprint density at radius 1 is 1.24 bits per heavy atom. The number of nitrogens with zero attached hydrogens (tertiary/aromatic N) is 1. The molecule has 116 valence electrons. The monoisotopic (exact) mass is 299 g/mol. The van der Waals surface area contributed by atoms with Crippen molar-refractivity contribution in [3.05, 3.63) is 42.1 Å². The lowest BCUT2D eigenvalue weighted by Gasteiger charge is -2.23. The van der Waals surface area contributed by atoms with E-state index in [1.807, 2.05) is 13.0 Å². The molecule has 0 radical (unpaired) electrons. The van der Waals surface area contributed by atoms with Crippen molar-refractivity contribution in [3.8, 4) is 0 Å². The number of carbonyl (C=O) groups is 1. The molecule has 0 bridgehead atoms. The molecule has 0 saturated heterocycles. The van der Waals surface area contributed by atoms with Gasteiger partial charge in [-0.2, -0.15) is 13.2 Å². The van der Waals surface area contributed by atoms with Crippen molar-refractivity contribution in [2.24, 2.45) is 5.92 Å². The summed E-state index contributed by atoms with van der Waals surface area (Å²) in [7, 11) is 0. The van der Waals surface area contributed by atoms with Gasteiger partial charge in [-0.15, -0.1) is 0 Å². The van der Waals surface area contributed by atoms with Gasteiger partial charge in [0.25, 0.3) is 5.78 Å². The summed E-state index contributed by atoms with van der Waals surface area (Å²) in [6.07, 6.45) is -3.04. The number of allylic oxidation sites excluding steroid dienone is 1. The maximum Gasteiger partial charge on any atom is 0.454 e. The van der Waals surface area contributed by atoms with E-state index in [1.165, 1.54) is 6.20 Å². The zero-order valence-electron chi connectivity index (χ0n) is 12.4. The summed E-state index contributed by atoms with van der Waals surface area (Å²) in [6.45, 7) is 5.71. The van der Waals surface area contributed by atoms with Crippen LogP contribution in [0.1, 0.15) is 27.2 Å². The lowest BCUT2D eigenvalue weighted by Crippen LogP contribution is -2.29. The first-order valence-electron chi connectivity index (χ1n) is 6.96. The SMILES string of the molecule is CCC(C)/C(=C/N(CC)c1ccccc1)C(=O)C(F)(F)F. The molecule has 0 heterocycles. The molecule has 1 rings (SSSR count). The first-order valence-corrected chi connectivity index (χ1v) is 6.96. The maximum absolute atomic E-state index is 12.7. The third-order valence-corrected chi connectivity index (χ3v) is 3.39. The predicted octanol–water partition coefficient (Wildman–Crippen LogP) is 4.57. The molecular formula is C16H20F3NO. The lowest BCUT2D eigenvalue weighted by molar-refractivity contribution is -0.167. The van der Waals surface area contributed by atoms with Gasteiger partial charge >= 0.3 is 6.18 Å². The van der Waals surface area contributed by atoms with Crippen LogP contribution in [-0.2, 0) is 4.79 Å². The fraction of sp³-hybridized carbons (Fsp3) is 0.438. The van der Waals surface area contributed by atoms with Crippen LogP contribution in [0.3, 0.4) is 0 Å². The molecule has 2 nitrogen and oxygen atoms in total. The number of hydrogen-bond donors (Lipinski definition) is 0. The van der Waals surface area contributed by atoms with Gasteiger partial charge in [0, 0.05) is 24.0 Å². The molecule has 0 aliphatic heterocycles. The summed E-state index contributed by atoms with van der Waals surface area (Å²) in [5.74, 6) is -2.21. The third kappa shape index (κ3) is 4.62. The molecule has 1 aromatic rings. The first-order chi connectivity index (χ1) is 9.81. The molecule has 0 fully saturated rings. The van der Waals surface area contributed by atoms with Crippen LogP contribution in [0.15, 0.2) is 42.1 Å². The fourth-order valence-corrected chi connectivity index (χ4v) is 1.93. The van der Waals surface area contributed by atoms with E-state index < -0.39 is 17.9 Å². The highest BCUT2D eigenvalue weighted by Gasteiger charge is 2.41. The Morgan fingerprint density at radius 3 is 2.24 bits per heavy atom. The Bertz CT molecular complexity index is 494. The number of Topliss-reactive ketones (excluding diaryl/α,β-unsaturated/α-hetero) is 1. The summed E-state index contributed by atoms with van der Waals surface area (Å²) < 4.78 is 38.2. The maximum atomic E-state index is 12.7. The van der Waals surface area contributed by atoms with Crippen LogP contribution in [0.5, 0.6) is 0 Å². The van der Waals surface area contributed by atoms with Gasteiger partial charge in [-0.05, 0) is 31.4 Å². The third-order valence-electron chi connectivity index (χ3n) is 3.39. The van der Waals surface area contributed by atoms with Crippen molar-refractivity contribution in [1.29, 1.82) is 0 Å². The molecule has 1 unspecified atom stereocenters. The highest BCUT2D eigenvalue weighted by Crippen LogP contribution is 2.28. The van der Waals surface area contributed by atoms with Crippen molar-refractivity contribution >= 4 is 11.5 Å². The molecule has 1 aromatic carbocycles. The molecule has 1 atom stereocenters. The second-order valence-corrected chi connectivity index (χ2v) is 4.84. The summed E-state index contributed by atoms with van der Waals surface area (Å²) in [6, 6.07) is 9.04. The van der Waals surface area contributed by atoms with Gasteiger partial charge in [-0.3, -0.25) is 4.79 Å². The van der Waals surface area contributed by atoms with Crippen LogP contribution in [0.2, 0.25) is 0 Å². The molecule has 0 aliphatic carbocycles. The van der Waals surface area contributed by atoms with E-state index in [2.05, 4.69) is 0 Å². The average molecular weight is 299 g/mol. The quantitative estimate of drug-likeness (QED) is 0.717. The normalized spacial score (nSPS) is 13.9. The highest BCUT2D eigenvalue weighted by atomic mass is 19.4. The van der Waals surface area contributed by atoms with Crippen LogP contribution in [-0.4, -0.2) is 18.5 Å². The molecule has 5 heteroatoms. The number of halogens is 3. The minimum atomic E-state index is -4.84. The van der Waals surface area contributed by atoms with Crippen LogP contribution >= 0.6 is 0 Å². The molecule has 21 heavy (non-hydrogen) atoms. The summed E-state index contributed by atoms with van der Waals surface area (Å²) in [4.78, 5) is 13.3. The van der Waals surface area contributed by atoms with Crippen LogP contribution in [0.25, 0.3) is 0 Å². The lowest BCUT2D eigenvalue weighted by atomic mass is 9.95. The van der Waals surface area contributed by atoms with Crippen molar-refractivity contribution in [2.75, 3.05) is 11.4 Å². The largest absolute Gasteiger partial charge is 0.454 e. The summed E-state index contributed by atoms with van der Waals surface area (Å²) in [5.41, 5.74) is 0.562. The second kappa shape index (κ2) is 7.29. The smallest absolute Gasteiger partial charge is 0.348 e. The zero-order valence-corrected chi connectivity index (χ0v) is 12.4. The number of alkyl halides is 3. The fourth-order valence-electron chi connectivity index (χ4n) is 1.93. The minimum absolute atomic E-state index is 0.198. The number of anilines is 1. The number of benzene rings is 1. The van der Waals surface area contributed by atoms with E-state index in [1.54, 1.807) is 43.0 Å². The summed E-state index contributed by atoms with van der Waals surface area (Å²) >= 11 is 0. The molecule has 0 N–H and O–H groups in total. The number of rotatable bonds is 6. The van der Waals surface area contributed by atoms with Crippen molar-refractivity contribution < 1.29 is 18.0 Å². The highest BCUT2D eigenvalue weighted by molar-refractivity contribution is 6.00. The molecule has 0 aromatic heterocycles. The van der Waals surface area contributed by atoms with Crippen molar-refractivity contribution in [2.45, 2.75) is 33.4 Å². The number of carbonyl (C=O) groups excluding carboxylic acids is 1. The molecule has 0 aliphatic rings. The summed E-state index contributed by atoms with van der Waals surface area (Å²) in [5, 5.41) is 0. The molecule has 0 saturated carbocycles. The number of ketones is 1. The van der Waals surface area contributed by atoms with E-state index in [0.29, 0.717) is 13.0 Å². The van der Waals surface area contributed by atoms with Crippen molar-refractivity contribution in [1.82, 2.24) is 0 Å². The Kier molecular flexibility index (Phi) is 6.00. The standard InChI is InChI=1S/C16H20F3NO/c1-4-12(3)14(15(21)16(17,18)19)11-20(5-2)13-9-7-6-8-10-13/h6-12H,4-5H2,1-3H3/b14-11-. The van der Waals surface area contributed by atoms with E-state index in [9.17, 15) is 18.0 Å². The second-order valence-electron chi connectivity index (χ2n) is 4.84. The predicted molar refractivity (Wildman–Crippen MR) is 78.1 cm³/mol. The molecular weight excluding hydrogens is 279 g/mol. The Hall–Kier alpha value is -1.78. The van der Waals surface area contributed by atoms with E-state index in [4.69, 9.17) is 0 Å². The Balaban J connectivity index is 3.20. The van der Waals surface area contributed by atoms with Crippen LogP contribution in [0, 0.1) is 5.92 Å². The minimum Gasteiger partial charge on any atom is -0.348 e. The molecule has 0 amide bonds. The van der Waals surface area contributed by atoms with Gasteiger partial charge < -0.3 is 4.90 Å². The van der Waals surface area contributed by atoms with Crippen LogP contribution in [0.4, 0.5) is 18.9 Å². The Labute approximate surface area is 123 Å². The molecule has 0 spiro atoms. The Morgan fingerprint density at radius 2 is 1.81 bits per heavy atom. The van der Waals surface area contributed by atoms with E-state index in [-0.39, 0.29) is 5.57 Å². The first kappa shape index (κ1) is 17.3. The van der Waals surface area contributed by atoms with E-state index in [0.717, 1.165) is 5.69 Å². The van der Waals surface area contributed by atoms with Gasteiger partial charge in [-0.1, -0.05) is 32.0 Å². The van der Waals surface area contributed by atoms with Gasteiger partial charge in [0.1, 0.15) is 0 Å². The van der Waals surface area contributed by atoms with Gasteiger partial charge in [-0.25, -0.2) is 0 Å². The average Bonchev–Trinajstić information content (AvgIpc) is 2.47. The number of para-hydroxylation sites is 1. The van der Waals surface area contributed by atoms with Gasteiger partial charge in [0.05, 0.1) is 0 Å². The van der Waals surface area contributed by atoms with Crippen molar-refractivity contribution in [3.63, 3.8) is 0 Å². The topological polar surface area (TPSA) is 20.3 Å². The van der Waals surface area contributed by atoms with Gasteiger partial charge in [0.2, 0.25) is 0 Å². The zero-order chi connectivity index (χ0) is 16.0. The van der Waals surface area contributed by atoms with E-state index >= 15 is 0 Å². The number of hydrogen-bond acceptors (Lipinski definition) is 2. The van der Waals surface area contributed by atoms with Gasteiger partial charge in [0.15, 0.2) is 0 Å². The van der Waals surface area contributed by atoms with Crippen LogP contribution < -0.4 is 4.90 Å².